The molecule has 1 aromatic carbocycles. The maximum atomic E-state index is 13.8. The second-order valence-electron chi connectivity index (χ2n) is 5.04. The van der Waals surface area contributed by atoms with Crippen molar-refractivity contribution in [2.75, 3.05) is 32.8 Å². The highest BCUT2D eigenvalue weighted by Gasteiger charge is 2.31. The first-order valence-corrected chi connectivity index (χ1v) is 7.01. The third-order valence-corrected chi connectivity index (χ3v) is 3.67. The molecule has 0 saturated heterocycles. The summed E-state index contributed by atoms with van der Waals surface area (Å²) in [6.07, 6.45) is 0. The molecule has 1 atom stereocenters. The lowest BCUT2D eigenvalue weighted by Gasteiger charge is -2.31. The number of hydrogen-bond donors (Lipinski definition) is 2. The minimum atomic E-state index is -1.12. The quantitative estimate of drug-likeness (QED) is 0.768. The van der Waals surface area contributed by atoms with Crippen molar-refractivity contribution in [1.82, 2.24) is 10.2 Å². The van der Waals surface area contributed by atoms with Gasteiger partial charge in [-0.2, -0.15) is 0 Å². The molecule has 0 amide bonds. The fourth-order valence-corrected chi connectivity index (χ4v) is 2.28. The average Bonchev–Trinajstić information content (AvgIpc) is 2.43. The first-order valence-electron chi connectivity index (χ1n) is 7.01. The van der Waals surface area contributed by atoms with Gasteiger partial charge >= 0.3 is 0 Å². The molecule has 2 N–H and O–H groups in total. The molecule has 0 aliphatic heterocycles. The smallest absolute Gasteiger partial charge is 0.131 e. The van der Waals surface area contributed by atoms with Crippen LogP contribution in [0.5, 0.6) is 0 Å². The van der Waals surface area contributed by atoms with E-state index in [1.807, 2.05) is 0 Å². The molecule has 0 spiro atoms. The molecule has 1 aromatic rings. The standard InChI is InChI=1S/C15H24F2N2O/c1-4-19(5-2)10-9-18-15(3,11-20)14-12(16)7-6-8-13(14)17/h6-8,18,20H,4-5,9-11H2,1-3H3. The van der Waals surface area contributed by atoms with E-state index in [1.165, 1.54) is 18.2 Å². The first kappa shape index (κ1) is 17.0. The van der Waals surface area contributed by atoms with Crippen molar-refractivity contribution in [2.45, 2.75) is 26.3 Å². The van der Waals surface area contributed by atoms with Gasteiger partial charge in [0.1, 0.15) is 11.6 Å². The summed E-state index contributed by atoms with van der Waals surface area (Å²) in [5, 5.41) is 12.6. The molecule has 0 aromatic heterocycles. The Morgan fingerprint density at radius 1 is 1.20 bits per heavy atom. The van der Waals surface area contributed by atoms with Gasteiger partial charge in [0.15, 0.2) is 0 Å². The van der Waals surface area contributed by atoms with Crippen molar-refractivity contribution in [3.8, 4) is 0 Å². The molecule has 5 heteroatoms. The average molecular weight is 286 g/mol. The van der Waals surface area contributed by atoms with Crippen LogP contribution in [0.3, 0.4) is 0 Å². The molecular formula is C15H24F2N2O. The van der Waals surface area contributed by atoms with E-state index in [2.05, 4.69) is 24.1 Å². The summed E-state index contributed by atoms with van der Waals surface area (Å²) in [5.74, 6) is -1.28. The lowest BCUT2D eigenvalue weighted by molar-refractivity contribution is 0.161. The van der Waals surface area contributed by atoms with Crippen LogP contribution in [0.1, 0.15) is 26.3 Å². The number of nitrogens with one attached hydrogen (secondary N) is 1. The fourth-order valence-electron chi connectivity index (χ4n) is 2.28. The normalized spacial score (nSPS) is 14.6. The van der Waals surface area contributed by atoms with E-state index in [1.54, 1.807) is 6.92 Å². The summed E-state index contributed by atoms with van der Waals surface area (Å²) in [5.41, 5.74) is -1.23. The Labute approximate surface area is 119 Å². The van der Waals surface area contributed by atoms with E-state index in [4.69, 9.17) is 0 Å². The predicted octanol–water partition coefficient (Wildman–Crippen LogP) is 2.10. The lowest BCUT2D eigenvalue weighted by Crippen LogP contribution is -2.47. The maximum Gasteiger partial charge on any atom is 0.131 e. The van der Waals surface area contributed by atoms with E-state index in [0.29, 0.717) is 6.54 Å². The highest BCUT2D eigenvalue weighted by molar-refractivity contribution is 5.27. The largest absolute Gasteiger partial charge is 0.394 e. The highest BCUT2D eigenvalue weighted by Crippen LogP contribution is 2.25. The zero-order chi connectivity index (χ0) is 15.2. The van der Waals surface area contributed by atoms with Gasteiger partial charge in [-0.1, -0.05) is 19.9 Å². The van der Waals surface area contributed by atoms with Crippen molar-refractivity contribution >= 4 is 0 Å². The van der Waals surface area contributed by atoms with Crippen LogP contribution in [-0.4, -0.2) is 42.8 Å². The van der Waals surface area contributed by atoms with Gasteiger partial charge in [0.05, 0.1) is 12.1 Å². The topological polar surface area (TPSA) is 35.5 Å². The summed E-state index contributed by atoms with van der Waals surface area (Å²) in [6, 6.07) is 3.73. The molecule has 0 saturated carbocycles. The number of rotatable bonds is 8. The molecule has 1 rings (SSSR count). The van der Waals surface area contributed by atoms with E-state index in [-0.39, 0.29) is 12.2 Å². The van der Waals surface area contributed by atoms with Gasteiger partial charge in [0.2, 0.25) is 0 Å². The minimum Gasteiger partial charge on any atom is -0.394 e. The van der Waals surface area contributed by atoms with E-state index in [0.717, 1.165) is 19.6 Å². The van der Waals surface area contributed by atoms with Gasteiger partial charge in [-0.05, 0) is 32.1 Å². The van der Waals surface area contributed by atoms with Gasteiger partial charge in [-0.25, -0.2) is 8.78 Å². The molecule has 3 nitrogen and oxygen atoms in total. The third kappa shape index (κ3) is 3.98. The monoisotopic (exact) mass is 286 g/mol. The summed E-state index contributed by atoms with van der Waals surface area (Å²) in [7, 11) is 0. The van der Waals surface area contributed by atoms with Gasteiger partial charge in [-0.3, -0.25) is 0 Å². The lowest BCUT2D eigenvalue weighted by atomic mass is 9.91. The van der Waals surface area contributed by atoms with E-state index < -0.39 is 17.2 Å². The molecule has 0 aliphatic rings. The van der Waals surface area contributed by atoms with Crippen molar-refractivity contribution in [2.24, 2.45) is 0 Å². The van der Waals surface area contributed by atoms with Crippen molar-refractivity contribution < 1.29 is 13.9 Å². The van der Waals surface area contributed by atoms with Crippen molar-refractivity contribution in [1.29, 1.82) is 0 Å². The summed E-state index contributed by atoms with van der Waals surface area (Å²) in [6.45, 7) is 8.51. The first-order chi connectivity index (χ1) is 9.48. The summed E-state index contributed by atoms with van der Waals surface area (Å²) >= 11 is 0. The Hall–Kier alpha value is -1.04. The molecule has 0 radical (unpaired) electrons. The van der Waals surface area contributed by atoms with Crippen LogP contribution in [-0.2, 0) is 5.54 Å². The molecule has 0 bridgehead atoms. The number of aliphatic hydroxyl groups is 1. The molecule has 0 fully saturated rings. The maximum absolute atomic E-state index is 13.8. The van der Waals surface area contributed by atoms with Gasteiger partial charge in [0, 0.05) is 18.7 Å². The number of halogens is 2. The molecule has 1 unspecified atom stereocenters. The molecular weight excluding hydrogens is 262 g/mol. The number of aliphatic hydroxyl groups excluding tert-OH is 1. The van der Waals surface area contributed by atoms with Crippen LogP contribution >= 0.6 is 0 Å². The number of likely N-dealkylation sites (N-methyl/N-ethyl adjacent to an activating group) is 1. The predicted molar refractivity (Wildman–Crippen MR) is 76.6 cm³/mol. The number of hydrogen-bond acceptors (Lipinski definition) is 3. The summed E-state index contributed by atoms with van der Waals surface area (Å²) in [4.78, 5) is 2.20. The zero-order valence-corrected chi connectivity index (χ0v) is 12.4. The third-order valence-electron chi connectivity index (χ3n) is 3.67. The van der Waals surface area contributed by atoms with Crippen LogP contribution < -0.4 is 5.32 Å². The van der Waals surface area contributed by atoms with E-state index in [9.17, 15) is 13.9 Å². The van der Waals surface area contributed by atoms with Gasteiger partial charge < -0.3 is 15.3 Å². The summed E-state index contributed by atoms with van der Waals surface area (Å²) < 4.78 is 27.7. The van der Waals surface area contributed by atoms with Crippen LogP contribution in [0, 0.1) is 11.6 Å². The Kier molecular flexibility index (Phi) is 6.52. The number of nitrogens with zero attached hydrogens (tertiary/aromatic N) is 1. The molecule has 0 heterocycles. The van der Waals surface area contributed by atoms with Crippen molar-refractivity contribution in [3.63, 3.8) is 0 Å². The SMILES string of the molecule is CCN(CC)CCNC(C)(CO)c1c(F)cccc1F. The van der Waals surface area contributed by atoms with Gasteiger partial charge in [-0.15, -0.1) is 0 Å². The van der Waals surface area contributed by atoms with Crippen LogP contribution in [0.15, 0.2) is 18.2 Å². The Balaban J connectivity index is 2.82. The second kappa shape index (κ2) is 7.67. The Morgan fingerprint density at radius 3 is 2.20 bits per heavy atom. The van der Waals surface area contributed by atoms with Crippen LogP contribution in [0.25, 0.3) is 0 Å². The molecule has 114 valence electrons. The van der Waals surface area contributed by atoms with E-state index >= 15 is 0 Å². The zero-order valence-electron chi connectivity index (χ0n) is 12.4. The van der Waals surface area contributed by atoms with Crippen LogP contribution in [0.4, 0.5) is 8.78 Å². The van der Waals surface area contributed by atoms with Crippen LogP contribution in [0.2, 0.25) is 0 Å². The molecule has 0 aliphatic carbocycles. The number of benzene rings is 1. The van der Waals surface area contributed by atoms with Gasteiger partial charge in [0.25, 0.3) is 0 Å². The fraction of sp³-hybridized carbons (Fsp3) is 0.600. The van der Waals surface area contributed by atoms with Crippen molar-refractivity contribution in [3.05, 3.63) is 35.4 Å². The second-order valence-corrected chi connectivity index (χ2v) is 5.04. The minimum absolute atomic E-state index is 0.109. The molecule has 20 heavy (non-hydrogen) atoms. The Morgan fingerprint density at radius 2 is 1.75 bits per heavy atom. The highest BCUT2D eigenvalue weighted by atomic mass is 19.1. The Bertz CT molecular complexity index is 404.